The molecule has 0 unspecified atom stereocenters. The molecule has 0 bridgehead atoms. The Kier molecular flexibility index (Phi) is 6.13. The SMILES string of the molecule is COc1ccc(S(=O)(=O)N[C@@H](c2ccccc2)c2cccs2)cc1NC(C)=O. The van der Waals surface area contributed by atoms with Gasteiger partial charge in [0.25, 0.3) is 0 Å². The zero-order chi connectivity index (χ0) is 20.1. The monoisotopic (exact) mass is 416 g/mol. The zero-order valence-corrected chi connectivity index (χ0v) is 17.0. The van der Waals surface area contributed by atoms with Crippen LogP contribution in [0.4, 0.5) is 5.69 Å². The van der Waals surface area contributed by atoms with Gasteiger partial charge in [-0.25, -0.2) is 8.42 Å². The highest BCUT2D eigenvalue weighted by Gasteiger charge is 2.24. The first-order valence-electron chi connectivity index (χ1n) is 8.47. The van der Waals surface area contributed by atoms with Gasteiger partial charge in [-0.1, -0.05) is 36.4 Å². The van der Waals surface area contributed by atoms with Crippen molar-refractivity contribution >= 4 is 33.0 Å². The average Bonchev–Trinajstić information content (AvgIpc) is 3.21. The molecule has 1 atom stereocenters. The van der Waals surface area contributed by atoms with E-state index in [1.54, 1.807) is 0 Å². The number of nitrogens with one attached hydrogen (secondary N) is 2. The van der Waals surface area contributed by atoms with E-state index in [0.717, 1.165) is 10.4 Å². The summed E-state index contributed by atoms with van der Waals surface area (Å²) >= 11 is 1.48. The summed E-state index contributed by atoms with van der Waals surface area (Å²) in [6, 6.07) is 17.0. The molecular weight excluding hydrogens is 396 g/mol. The maximum Gasteiger partial charge on any atom is 0.241 e. The van der Waals surface area contributed by atoms with Crippen molar-refractivity contribution in [1.82, 2.24) is 4.72 Å². The molecule has 0 fully saturated rings. The summed E-state index contributed by atoms with van der Waals surface area (Å²) in [7, 11) is -2.41. The lowest BCUT2D eigenvalue weighted by molar-refractivity contribution is -0.114. The predicted molar refractivity (Wildman–Crippen MR) is 110 cm³/mol. The van der Waals surface area contributed by atoms with Crippen molar-refractivity contribution < 1.29 is 17.9 Å². The minimum absolute atomic E-state index is 0.0366. The van der Waals surface area contributed by atoms with Gasteiger partial charge < -0.3 is 10.1 Å². The Balaban J connectivity index is 1.98. The van der Waals surface area contributed by atoms with Crippen LogP contribution in [0.5, 0.6) is 5.75 Å². The van der Waals surface area contributed by atoms with E-state index in [1.807, 2.05) is 47.8 Å². The summed E-state index contributed by atoms with van der Waals surface area (Å²) in [6.45, 7) is 1.35. The van der Waals surface area contributed by atoms with Gasteiger partial charge in [0.1, 0.15) is 5.75 Å². The summed E-state index contributed by atoms with van der Waals surface area (Å²) < 4.78 is 34.1. The van der Waals surface area contributed by atoms with Gasteiger partial charge in [-0.05, 0) is 35.2 Å². The van der Waals surface area contributed by atoms with Crippen LogP contribution in [-0.2, 0) is 14.8 Å². The van der Waals surface area contributed by atoms with Gasteiger partial charge in [-0.3, -0.25) is 4.79 Å². The third kappa shape index (κ3) is 4.59. The van der Waals surface area contributed by atoms with Crippen molar-refractivity contribution in [1.29, 1.82) is 0 Å². The number of anilines is 1. The molecule has 8 heteroatoms. The molecule has 0 saturated heterocycles. The van der Waals surface area contributed by atoms with E-state index in [1.165, 1.54) is 43.6 Å². The van der Waals surface area contributed by atoms with Gasteiger partial charge in [-0.2, -0.15) is 4.72 Å². The van der Waals surface area contributed by atoms with E-state index in [2.05, 4.69) is 10.0 Å². The second-order valence-electron chi connectivity index (χ2n) is 6.02. The summed E-state index contributed by atoms with van der Waals surface area (Å²) in [5.41, 5.74) is 1.13. The molecule has 1 aromatic heterocycles. The molecule has 28 heavy (non-hydrogen) atoms. The Morgan fingerprint density at radius 1 is 1.07 bits per heavy atom. The highest BCUT2D eigenvalue weighted by molar-refractivity contribution is 7.89. The van der Waals surface area contributed by atoms with Crippen molar-refractivity contribution in [3.8, 4) is 5.75 Å². The summed E-state index contributed by atoms with van der Waals surface area (Å²) in [4.78, 5) is 12.3. The number of ether oxygens (including phenoxy) is 1. The van der Waals surface area contributed by atoms with Crippen molar-refractivity contribution in [2.45, 2.75) is 17.9 Å². The fraction of sp³-hybridized carbons (Fsp3) is 0.150. The fourth-order valence-corrected chi connectivity index (χ4v) is 4.86. The van der Waals surface area contributed by atoms with E-state index in [-0.39, 0.29) is 10.8 Å². The lowest BCUT2D eigenvalue weighted by atomic mass is 10.1. The van der Waals surface area contributed by atoms with Gasteiger partial charge in [-0.15, -0.1) is 11.3 Å². The zero-order valence-electron chi connectivity index (χ0n) is 15.4. The number of methoxy groups -OCH3 is 1. The standard InChI is InChI=1S/C20H20N2O4S2/c1-14(23)21-17-13-16(10-11-18(17)26-2)28(24,25)22-20(19-9-6-12-27-19)15-7-4-3-5-8-15/h3-13,20,22H,1-2H3,(H,21,23)/t20-/m0/s1. The molecule has 3 rings (SSSR count). The highest BCUT2D eigenvalue weighted by atomic mass is 32.2. The third-order valence-electron chi connectivity index (χ3n) is 4.03. The Bertz CT molecular complexity index is 1050. The molecule has 0 spiro atoms. The molecule has 0 saturated carbocycles. The second kappa shape index (κ2) is 8.55. The van der Waals surface area contributed by atoms with Crippen LogP contribution < -0.4 is 14.8 Å². The van der Waals surface area contributed by atoms with Crippen molar-refractivity contribution in [3.05, 3.63) is 76.5 Å². The normalized spacial score (nSPS) is 12.4. The molecule has 0 radical (unpaired) electrons. The van der Waals surface area contributed by atoms with Crippen molar-refractivity contribution in [2.24, 2.45) is 0 Å². The molecule has 3 aromatic rings. The summed E-state index contributed by atoms with van der Waals surface area (Å²) in [5, 5.41) is 4.50. The van der Waals surface area contributed by atoms with Crippen LogP contribution in [0.3, 0.4) is 0 Å². The van der Waals surface area contributed by atoms with Crippen LogP contribution in [0.25, 0.3) is 0 Å². The van der Waals surface area contributed by atoms with Gasteiger partial charge >= 0.3 is 0 Å². The minimum Gasteiger partial charge on any atom is -0.495 e. The Morgan fingerprint density at radius 3 is 2.43 bits per heavy atom. The first kappa shape index (κ1) is 20.1. The van der Waals surface area contributed by atoms with Crippen LogP contribution in [0.1, 0.15) is 23.4 Å². The minimum atomic E-state index is -3.87. The molecule has 6 nitrogen and oxygen atoms in total. The maximum absolute atomic E-state index is 13.1. The molecule has 1 amide bonds. The predicted octanol–water partition coefficient (Wildman–Crippen LogP) is 3.78. The number of thiophene rings is 1. The average molecular weight is 417 g/mol. The number of hydrogen-bond donors (Lipinski definition) is 2. The van der Waals surface area contributed by atoms with Gasteiger partial charge in [0.05, 0.1) is 23.7 Å². The largest absolute Gasteiger partial charge is 0.495 e. The number of sulfonamides is 1. The number of rotatable bonds is 7. The van der Waals surface area contributed by atoms with Crippen molar-refractivity contribution in [2.75, 3.05) is 12.4 Å². The van der Waals surface area contributed by atoms with E-state index in [9.17, 15) is 13.2 Å². The second-order valence-corrected chi connectivity index (χ2v) is 8.72. The molecule has 1 heterocycles. The first-order chi connectivity index (χ1) is 13.4. The van der Waals surface area contributed by atoms with Crippen molar-refractivity contribution in [3.63, 3.8) is 0 Å². The van der Waals surface area contributed by atoms with E-state index >= 15 is 0 Å². The number of hydrogen-bond acceptors (Lipinski definition) is 5. The number of amides is 1. The lowest BCUT2D eigenvalue weighted by Gasteiger charge is -2.19. The molecule has 0 aliphatic heterocycles. The smallest absolute Gasteiger partial charge is 0.241 e. The number of carbonyl (C=O) groups excluding carboxylic acids is 1. The fourth-order valence-electron chi connectivity index (χ4n) is 2.76. The Morgan fingerprint density at radius 2 is 1.82 bits per heavy atom. The molecular formula is C20H20N2O4S2. The summed E-state index contributed by atoms with van der Waals surface area (Å²) in [5.74, 6) is 0.0635. The maximum atomic E-state index is 13.1. The number of benzene rings is 2. The number of carbonyl (C=O) groups is 1. The lowest BCUT2D eigenvalue weighted by Crippen LogP contribution is -2.29. The topological polar surface area (TPSA) is 84.5 Å². The Hall–Kier alpha value is -2.68. The van der Waals surface area contributed by atoms with E-state index in [4.69, 9.17) is 4.74 Å². The molecule has 0 aliphatic carbocycles. The van der Waals surface area contributed by atoms with Crippen LogP contribution in [0, 0.1) is 0 Å². The van der Waals surface area contributed by atoms with Crippen LogP contribution in [0.15, 0.2) is 70.9 Å². The Labute approximate surface area is 168 Å². The van der Waals surface area contributed by atoms with Gasteiger partial charge in [0, 0.05) is 11.8 Å². The van der Waals surface area contributed by atoms with Crippen LogP contribution in [-0.4, -0.2) is 21.4 Å². The van der Waals surface area contributed by atoms with Crippen LogP contribution >= 0.6 is 11.3 Å². The highest BCUT2D eigenvalue weighted by Crippen LogP contribution is 2.31. The van der Waals surface area contributed by atoms with Gasteiger partial charge in [0.2, 0.25) is 15.9 Å². The third-order valence-corrected chi connectivity index (χ3v) is 6.38. The quantitative estimate of drug-likeness (QED) is 0.614. The van der Waals surface area contributed by atoms with Crippen LogP contribution in [0.2, 0.25) is 0 Å². The first-order valence-corrected chi connectivity index (χ1v) is 10.8. The molecule has 2 N–H and O–H groups in total. The molecule has 2 aromatic carbocycles. The molecule has 146 valence electrons. The van der Waals surface area contributed by atoms with E-state index < -0.39 is 16.1 Å². The molecule has 0 aliphatic rings. The van der Waals surface area contributed by atoms with E-state index in [0.29, 0.717) is 11.4 Å². The van der Waals surface area contributed by atoms with Gasteiger partial charge in [0.15, 0.2) is 0 Å². The summed E-state index contributed by atoms with van der Waals surface area (Å²) in [6.07, 6.45) is 0.